The van der Waals surface area contributed by atoms with Gasteiger partial charge in [-0.25, -0.2) is 0 Å². The molecule has 0 aliphatic carbocycles. The highest BCUT2D eigenvalue weighted by molar-refractivity contribution is 7.80. The molecule has 0 saturated carbocycles. The van der Waals surface area contributed by atoms with E-state index in [1.807, 2.05) is 0 Å². The van der Waals surface area contributed by atoms with E-state index in [0.29, 0.717) is 0 Å². The minimum atomic E-state index is 0.841. The predicted molar refractivity (Wildman–Crippen MR) is 92.9 cm³/mol. The third-order valence-electron chi connectivity index (χ3n) is 2.49. The molecule has 0 unspecified atom stereocenters. The fraction of sp³-hybridized carbons (Fsp3) is 0.444. The third kappa shape index (κ3) is 17.1. The van der Waals surface area contributed by atoms with Crippen LogP contribution < -0.4 is 0 Å². The smallest absolute Gasteiger partial charge is 0.00825 e. The fourth-order valence-electron chi connectivity index (χ4n) is 1.48. The molecular weight excluding hydrogens is 248 g/mol. The van der Waals surface area contributed by atoms with Crippen molar-refractivity contribution in [3.05, 3.63) is 60.8 Å². The molecule has 0 N–H and O–H groups in total. The molecule has 0 rings (SSSR count). The highest BCUT2D eigenvalue weighted by Gasteiger charge is 1.77. The average molecular weight is 276 g/mol. The molecule has 0 aromatic carbocycles. The normalized spacial score (nSPS) is 13.2. The molecule has 1 heteroatoms. The fourth-order valence-corrected chi connectivity index (χ4v) is 1.63. The lowest BCUT2D eigenvalue weighted by atomic mass is 10.2. The molecule has 0 fully saturated rings. The average Bonchev–Trinajstić information content (AvgIpc) is 2.43. The van der Waals surface area contributed by atoms with Gasteiger partial charge in [0.2, 0.25) is 0 Å². The van der Waals surface area contributed by atoms with Gasteiger partial charge in [-0.2, -0.15) is 12.6 Å². The van der Waals surface area contributed by atoms with Crippen LogP contribution in [0.5, 0.6) is 0 Å². The maximum absolute atomic E-state index is 4.12. The van der Waals surface area contributed by atoms with E-state index in [0.717, 1.165) is 44.3 Å². The number of hydrogen-bond acceptors (Lipinski definition) is 1. The summed E-state index contributed by atoms with van der Waals surface area (Å²) in [4.78, 5) is 0. The summed E-state index contributed by atoms with van der Waals surface area (Å²) in [6.45, 7) is 2.16. The second kappa shape index (κ2) is 17.1. The molecular formula is C18H28S. The Labute approximate surface area is 125 Å². The van der Waals surface area contributed by atoms with Crippen LogP contribution in [0.2, 0.25) is 0 Å². The number of hydrogen-bond donors (Lipinski definition) is 1. The van der Waals surface area contributed by atoms with Gasteiger partial charge in [0.15, 0.2) is 0 Å². The number of thiol groups is 1. The lowest BCUT2D eigenvalue weighted by Crippen LogP contribution is -1.67. The van der Waals surface area contributed by atoms with Crippen LogP contribution in [0.4, 0.5) is 0 Å². The minimum Gasteiger partial charge on any atom is -0.175 e. The van der Waals surface area contributed by atoms with Crippen LogP contribution in [-0.2, 0) is 0 Å². The zero-order valence-electron chi connectivity index (χ0n) is 12.2. The molecule has 0 aliphatic heterocycles. The second-order valence-electron chi connectivity index (χ2n) is 4.23. The highest BCUT2D eigenvalue weighted by atomic mass is 32.1. The van der Waals surface area contributed by atoms with E-state index in [1.165, 1.54) is 0 Å². The quantitative estimate of drug-likeness (QED) is 0.265. The van der Waals surface area contributed by atoms with Crippen molar-refractivity contribution in [3.63, 3.8) is 0 Å². The molecule has 0 aromatic rings. The SMILES string of the molecule is CCC=CCC=CCC=CCC=CCCC=CCS. The summed E-state index contributed by atoms with van der Waals surface area (Å²) in [5.74, 6) is 0.841. The lowest BCUT2D eigenvalue weighted by molar-refractivity contribution is 1.04. The first-order valence-electron chi connectivity index (χ1n) is 7.27. The monoisotopic (exact) mass is 276 g/mol. The summed E-state index contributed by atoms with van der Waals surface area (Å²) < 4.78 is 0. The highest BCUT2D eigenvalue weighted by Crippen LogP contribution is 1.97. The van der Waals surface area contributed by atoms with Crippen molar-refractivity contribution in [2.45, 2.75) is 45.4 Å². The van der Waals surface area contributed by atoms with E-state index in [2.05, 4.69) is 80.3 Å². The van der Waals surface area contributed by atoms with Gasteiger partial charge in [-0.1, -0.05) is 67.7 Å². The van der Waals surface area contributed by atoms with Crippen molar-refractivity contribution in [1.82, 2.24) is 0 Å². The van der Waals surface area contributed by atoms with E-state index in [-0.39, 0.29) is 0 Å². The second-order valence-corrected chi connectivity index (χ2v) is 4.60. The Bertz CT molecular complexity index is 306. The molecule has 0 nitrogen and oxygen atoms in total. The van der Waals surface area contributed by atoms with Gasteiger partial charge in [-0.15, -0.1) is 0 Å². The molecule has 0 heterocycles. The Kier molecular flexibility index (Phi) is 16.2. The molecule has 0 bridgehead atoms. The summed E-state index contributed by atoms with van der Waals surface area (Å²) in [5, 5.41) is 0. The predicted octanol–water partition coefficient (Wildman–Crippen LogP) is 6.06. The maximum Gasteiger partial charge on any atom is 0.00825 e. The van der Waals surface area contributed by atoms with Crippen molar-refractivity contribution in [2.24, 2.45) is 0 Å². The van der Waals surface area contributed by atoms with Gasteiger partial charge < -0.3 is 0 Å². The Balaban J connectivity index is 3.40. The van der Waals surface area contributed by atoms with Crippen molar-refractivity contribution >= 4 is 12.6 Å². The van der Waals surface area contributed by atoms with E-state index < -0.39 is 0 Å². The molecule has 0 saturated heterocycles. The van der Waals surface area contributed by atoms with E-state index in [1.54, 1.807) is 0 Å². The Morgan fingerprint density at radius 3 is 1.47 bits per heavy atom. The zero-order chi connectivity index (χ0) is 14.0. The Morgan fingerprint density at radius 1 is 0.579 bits per heavy atom. The Hall–Kier alpha value is -0.950. The van der Waals surface area contributed by atoms with Gasteiger partial charge in [0.1, 0.15) is 0 Å². The van der Waals surface area contributed by atoms with Crippen molar-refractivity contribution in [1.29, 1.82) is 0 Å². The molecule has 0 radical (unpaired) electrons. The van der Waals surface area contributed by atoms with Gasteiger partial charge >= 0.3 is 0 Å². The number of allylic oxidation sites excluding steroid dienone is 9. The van der Waals surface area contributed by atoms with Crippen molar-refractivity contribution in [2.75, 3.05) is 5.75 Å². The van der Waals surface area contributed by atoms with Crippen LogP contribution in [0.15, 0.2) is 60.8 Å². The summed E-state index contributed by atoms with van der Waals surface area (Å²) in [7, 11) is 0. The van der Waals surface area contributed by atoms with E-state index in [4.69, 9.17) is 0 Å². The van der Waals surface area contributed by atoms with Crippen LogP contribution in [0.25, 0.3) is 0 Å². The third-order valence-corrected chi connectivity index (χ3v) is 2.70. The van der Waals surface area contributed by atoms with Crippen LogP contribution in [-0.4, -0.2) is 5.75 Å². The van der Waals surface area contributed by atoms with E-state index >= 15 is 0 Å². The first-order valence-corrected chi connectivity index (χ1v) is 7.90. The van der Waals surface area contributed by atoms with Gasteiger partial charge in [0.05, 0.1) is 0 Å². The lowest BCUT2D eigenvalue weighted by Gasteiger charge is -1.87. The first kappa shape index (κ1) is 18.0. The van der Waals surface area contributed by atoms with Gasteiger partial charge in [0, 0.05) is 5.75 Å². The van der Waals surface area contributed by atoms with Crippen molar-refractivity contribution < 1.29 is 0 Å². The van der Waals surface area contributed by atoms with Crippen molar-refractivity contribution in [3.8, 4) is 0 Å². The first-order chi connectivity index (χ1) is 9.41. The van der Waals surface area contributed by atoms with Gasteiger partial charge in [0.25, 0.3) is 0 Å². The minimum absolute atomic E-state index is 0.841. The summed E-state index contributed by atoms with van der Waals surface area (Å²) >= 11 is 4.12. The number of unbranched alkanes of at least 4 members (excludes halogenated alkanes) is 1. The summed E-state index contributed by atoms with van der Waals surface area (Å²) in [6, 6.07) is 0. The molecule has 0 amide bonds. The van der Waals surface area contributed by atoms with E-state index in [9.17, 15) is 0 Å². The molecule has 0 atom stereocenters. The maximum atomic E-state index is 4.12. The van der Waals surface area contributed by atoms with Gasteiger partial charge in [-0.3, -0.25) is 0 Å². The Morgan fingerprint density at radius 2 is 1.00 bits per heavy atom. The zero-order valence-corrected chi connectivity index (χ0v) is 13.1. The largest absolute Gasteiger partial charge is 0.175 e. The molecule has 0 aromatic heterocycles. The van der Waals surface area contributed by atoms with Crippen LogP contribution in [0, 0.1) is 0 Å². The molecule has 0 aliphatic rings. The number of rotatable bonds is 11. The molecule has 0 spiro atoms. The standard InChI is InChI=1S/C18H28S/c1-2-3-4-5-6-7-8-9-10-11-12-13-14-15-16-17-18-19/h3-4,6-7,9-10,12-13,16-17,19H,2,5,8,11,14-15,18H2,1H3. The molecule has 106 valence electrons. The summed E-state index contributed by atoms with van der Waals surface area (Å²) in [5.41, 5.74) is 0. The van der Waals surface area contributed by atoms with Crippen LogP contribution >= 0.6 is 12.6 Å². The topological polar surface area (TPSA) is 0 Å². The van der Waals surface area contributed by atoms with Crippen LogP contribution in [0.1, 0.15) is 45.4 Å². The summed E-state index contributed by atoms with van der Waals surface area (Å²) in [6.07, 6.45) is 28.6. The molecule has 19 heavy (non-hydrogen) atoms. The van der Waals surface area contributed by atoms with Gasteiger partial charge in [-0.05, 0) is 38.5 Å². The van der Waals surface area contributed by atoms with Crippen LogP contribution in [0.3, 0.4) is 0 Å².